The highest BCUT2D eigenvalue weighted by Gasteiger charge is 2.13. The van der Waals surface area contributed by atoms with Gasteiger partial charge in [0.05, 0.1) is 12.8 Å². The summed E-state index contributed by atoms with van der Waals surface area (Å²) in [5, 5.41) is 0. The molecule has 0 aliphatic heterocycles. The number of nitrogen functional groups attached to an aromatic ring is 1. The summed E-state index contributed by atoms with van der Waals surface area (Å²) < 4.78 is 5.04. The second-order valence-corrected chi connectivity index (χ2v) is 3.43. The van der Waals surface area contributed by atoms with Gasteiger partial charge in [-0.25, -0.2) is 0 Å². The fraction of sp³-hybridized carbons (Fsp3) is 0.417. The van der Waals surface area contributed by atoms with E-state index in [0.29, 0.717) is 30.1 Å². The number of carbonyl (C=O) groups excluding carboxylic acids is 1. The highest BCUT2D eigenvalue weighted by atomic mass is 16.5. The van der Waals surface area contributed by atoms with Crippen LogP contribution in [-0.2, 0) is 0 Å². The third-order valence-corrected chi connectivity index (χ3v) is 2.53. The maximum Gasteiger partial charge on any atom is 0.253 e. The highest BCUT2D eigenvalue weighted by Crippen LogP contribution is 2.22. The first-order chi connectivity index (χ1) is 7.63. The van der Waals surface area contributed by atoms with E-state index < -0.39 is 0 Å². The molecular formula is C12H18N2O2. The van der Waals surface area contributed by atoms with E-state index >= 15 is 0 Å². The number of ether oxygens (including phenoxy) is 1. The summed E-state index contributed by atoms with van der Waals surface area (Å²) in [7, 11) is 1.55. The van der Waals surface area contributed by atoms with Crippen molar-refractivity contribution >= 4 is 11.6 Å². The molecule has 0 saturated carbocycles. The molecule has 4 nitrogen and oxygen atoms in total. The predicted octanol–water partition coefficient (Wildman–Crippen LogP) is 1.76. The number of rotatable bonds is 4. The van der Waals surface area contributed by atoms with E-state index in [0.717, 1.165) is 0 Å². The molecule has 0 heterocycles. The molecule has 0 bridgehead atoms. The fourth-order valence-electron chi connectivity index (χ4n) is 1.56. The zero-order valence-electron chi connectivity index (χ0n) is 9.99. The summed E-state index contributed by atoms with van der Waals surface area (Å²) in [6.45, 7) is 5.30. The van der Waals surface area contributed by atoms with Gasteiger partial charge in [0.25, 0.3) is 5.91 Å². The van der Waals surface area contributed by atoms with Crippen molar-refractivity contribution in [2.75, 3.05) is 25.9 Å². The van der Waals surface area contributed by atoms with E-state index in [1.165, 1.54) is 0 Å². The van der Waals surface area contributed by atoms with Gasteiger partial charge in [-0.05, 0) is 32.0 Å². The molecule has 0 atom stereocenters. The van der Waals surface area contributed by atoms with Gasteiger partial charge in [0.1, 0.15) is 5.75 Å². The summed E-state index contributed by atoms with van der Waals surface area (Å²) in [6, 6.07) is 5.10. The van der Waals surface area contributed by atoms with Crippen molar-refractivity contribution in [2.24, 2.45) is 0 Å². The zero-order valence-corrected chi connectivity index (χ0v) is 9.99. The molecule has 88 valence electrons. The maximum absolute atomic E-state index is 12.0. The molecule has 0 fully saturated rings. The van der Waals surface area contributed by atoms with Crippen molar-refractivity contribution in [3.8, 4) is 5.75 Å². The fourth-order valence-corrected chi connectivity index (χ4v) is 1.56. The van der Waals surface area contributed by atoms with Gasteiger partial charge in [0.2, 0.25) is 0 Å². The van der Waals surface area contributed by atoms with Crippen LogP contribution in [0.5, 0.6) is 5.75 Å². The summed E-state index contributed by atoms with van der Waals surface area (Å²) >= 11 is 0. The molecule has 2 N–H and O–H groups in total. The van der Waals surface area contributed by atoms with Crippen LogP contribution in [0.3, 0.4) is 0 Å². The number of nitrogens with two attached hydrogens (primary N) is 1. The summed E-state index contributed by atoms with van der Waals surface area (Å²) in [6.07, 6.45) is 0. The molecule has 0 aromatic heterocycles. The molecule has 0 aliphatic carbocycles. The second-order valence-electron chi connectivity index (χ2n) is 3.43. The second kappa shape index (κ2) is 5.39. The number of methoxy groups -OCH3 is 1. The van der Waals surface area contributed by atoms with Crippen molar-refractivity contribution in [3.05, 3.63) is 23.8 Å². The Morgan fingerprint density at radius 3 is 2.44 bits per heavy atom. The Morgan fingerprint density at radius 1 is 1.38 bits per heavy atom. The first-order valence-corrected chi connectivity index (χ1v) is 5.36. The van der Waals surface area contributed by atoms with E-state index in [4.69, 9.17) is 10.5 Å². The number of hydrogen-bond donors (Lipinski definition) is 1. The van der Waals surface area contributed by atoms with Crippen LogP contribution in [0.1, 0.15) is 24.2 Å². The van der Waals surface area contributed by atoms with Crippen molar-refractivity contribution in [1.29, 1.82) is 0 Å². The number of hydrogen-bond acceptors (Lipinski definition) is 3. The minimum Gasteiger partial charge on any atom is -0.495 e. The maximum atomic E-state index is 12.0. The predicted molar refractivity (Wildman–Crippen MR) is 64.7 cm³/mol. The minimum atomic E-state index is -0.000599. The van der Waals surface area contributed by atoms with Crippen molar-refractivity contribution in [2.45, 2.75) is 13.8 Å². The van der Waals surface area contributed by atoms with Crippen LogP contribution in [0.25, 0.3) is 0 Å². The lowest BCUT2D eigenvalue weighted by Crippen LogP contribution is -2.30. The van der Waals surface area contributed by atoms with E-state index in [1.54, 1.807) is 30.2 Å². The number of carbonyl (C=O) groups is 1. The van der Waals surface area contributed by atoms with Gasteiger partial charge >= 0.3 is 0 Å². The smallest absolute Gasteiger partial charge is 0.253 e. The van der Waals surface area contributed by atoms with Gasteiger partial charge < -0.3 is 15.4 Å². The lowest BCUT2D eigenvalue weighted by atomic mass is 10.1. The molecule has 1 amide bonds. The van der Waals surface area contributed by atoms with E-state index in [9.17, 15) is 4.79 Å². The van der Waals surface area contributed by atoms with Crippen molar-refractivity contribution in [3.63, 3.8) is 0 Å². The van der Waals surface area contributed by atoms with Crippen LogP contribution in [-0.4, -0.2) is 31.0 Å². The van der Waals surface area contributed by atoms with Crippen LogP contribution in [0.2, 0.25) is 0 Å². The van der Waals surface area contributed by atoms with Crippen LogP contribution in [0.15, 0.2) is 18.2 Å². The Kier molecular flexibility index (Phi) is 4.17. The van der Waals surface area contributed by atoms with E-state index in [2.05, 4.69) is 0 Å². The molecule has 0 aliphatic rings. The topological polar surface area (TPSA) is 55.6 Å². The molecule has 16 heavy (non-hydrogen) atoms. The number of amides is 1. The molecule has 1 aromatic carbocycles. The molecule has 4 heteroatoms. The van der Waals surface area contributed by atoms with Gasteiger partial charge in [0.15, 0.2) is 0 Å². The number of nitrogens with zero attached hydrogens (tertiary/aromatic N) is 1. The monoisotopic (exact) mass is 222 g/mol. The first-order valence-electron chi connectivity index (χ1n) is 5.36. The first kappa shape index (κ1) is 12.4. The number of benzene rings is 1. The third kappa shape index (κ3) is 2.45. The average molecular weight is 222 g/mol. The Labute approximate surface area is 96.0 Å². The van der Waals surface area contributed by atoms with Gasteiger partial charge in [-0.3, -0.25) is 4.79 Å². The Balaban J connectivity index is 2.96. The van der Waals surface area contributed by atoms with E-state index in [-0.39, 0.29) is 5.91 Å². The molecule has 0 saturated heterocycles. The van der Waals surface area contributed by atoms with Crippen LogP contribution in [0, 0.1) is 0 Å². The van der Waals surface area contributed by atoms with Crippen LogP contribution in [0.4, 0.5) is 5.69 Å². The SMILES string of the molecule is CCN(CC)C(=O)c1ccc(OC)c(N)c1. The Bertz CT molecular complexity index is 373. The van der Waals surface area contributed by atoms with E-state index in [1.807, 2.05) is 13.8 Å². The average Bonchev–Trinajstić information content (AvgIpc) is 2.30. The third-order valence-electron chi connectivity index (χ3n) is 2.53. The molecular weight excluding hydrogens is 204 g/mol. The summed E-state index contributed by atoms with van der Waals surface area (Å²) in [5.74, 6) is 0.593. The molecule has 0 unspecified atom stereocenters. The quantitative estimate of drug-likeness (QED) is 0.790. The number of anilines is 1. The molecule has 0 spiro atoms. The zero-order chi connectivity index (χ0) is 12.1. The van der Waals surface area contributed by atoms with Gasteiger partial charge in [-0.15, -0.1) is 0 Å². The summed E-state index contributed by atoms with van der Waals surface area (Å²) in [4.78, 5) is 13.7. The van der Waals surface area contributed by atoms with Gasteiger partial charge in [-0.1, -0.05) is 0 Å². The Morgan fingerprint density at radius 2 is 2.00 bits per heavy atom. The van der Waals surface area contributed by atoms with Crippen LogP contribution >= 0.6 is 0 Å². The van der Waals surface area contributed by atoms with Gasteiger partial charge in [-0.2, -0.15) is 0 Å². The minimum absolute atomic E-state index is 0.000599. The Hall–Kier alpha value is -1.71. The van der Waals surface area contributed by atoms with Crippen molar-refractivity contribution in [1.82, 2.24) is 4.90 Å². The standard InChI is InChI=1S/C12H18N2O2/c1-4-14(5-2)12(15)9-6-7-11(16-3)10(13)8-9/h6-8H,4-5,13H2,1-3H3. The molecule has 1 aromatic rings. The lowest BCUT2D eigenvalue weighted by Gasteiger charge is -2.19. The molecule has 0 radical (unpaired) electrons. The van der Waals surface area contributed by atoms with Crippen LogP contribution < -0.4 is 10.5 Å². The van der Waals surface area contributed by atoms with Crippen molar-refractivity contribution < 1.29 is 9.53 Å². The normalized spacial score (nSPS) is 9.94. The lowest BCUT2D eigenvalue weighted by molar-refractivity contribution is 0.0773. The van der Waals surface area contributed by atoms with Gasteiger partial charge in [0, 0.05) is 18.7 Å². The largest absolute Gasteiger partial charge is 0.495 e. The highest BCUT2D eigenvalue weighted by molar-refractivity contribution is 5.95. The molecule has 1 rings (SSSR count). The summed E-state index contributed by atoms with van der Waals surface area (Å²) in [5.41, 5.74) is 6.84.